The molecular weight excluding hydrogens is 294 g/mol. The van der Waals surface area contributed by atoms with Crippen LogP contribution < -0.4 is 15.8 Å². The summed E-state index contributed by atoms with van der Waals surface area (Å²) in [6.45, 7) is 2.93. The number of hydrogen-bond acceptors (Lipinski definition) is 4. The van der Waals surface area contributed by atoms with E-state index in [9.17, 15) is 9.59 Å². The van der Waals surface area contributed by atoms with E-state index in [-0.39, 0.29) is 12.5 Å². The largest absolute Gasteiger partial charge is 0.484 e. The van der Waals surface area contributed by atoms with Gasteiger partial charge >= 0.3 is 0 Å². The molecule has 1 aliphatic rings. The molecule has 1 atom stereocenters. The summed E-state index contributed by atoms with van der Waals surface area (Å²) >= 11 is 0. The molecule has 0 spiro atoms. The van der Waals surface area contributed by atoms with E-state index in [0.29, 0.717) is 24.9 Å². The van der Waals surface area contributed by atoms with Crippen LogP contribution in [0.5, 0.6) is 5.75 Å². The Morgan fingerprint density at radius 1 is 1.35 bits per heavy atom. The number of carbonyl (C=O) groups excluding carboxylic acids is 2. The van der Waals surface area contributed by atoms with E-state index in [2.05, 4.69) is 17.1 Å². The van der Waals surface area contributed by atoms with Gasteiger partial charge in [0, 0.05) is 12.6 Å². The van der Waals surface area contributed by atoms with Gasteiger partial charge in [-0.1, -0.05) is 12.1 Å². The normalized spacial score (nSPS) is 15.3. The Bertz CT molecular complexity index is 541. The highest BCUT2D eigenvalue weighted by molar-refractivity contribution is 5.78. The second-order valence-electron chi connectivity index (χ2n) is 6.17. The summed E-state index contributed by atoms with van der Waals surface area (Å²) in [4.78, 5) is 24.7. The minimum atomic E-state index is -0.508. The summed E-state index contributed by atoms with van der Waals surface area (Å²) in [5, 5.41) is 2.92. The van der Waals surface area contributed by atoms with E-state index >= 15 is 0 Å². The first kappa shape index (κ1) is 17.3. The maximum Gasteiger partial charge on any atom is 0.255 e. The molecule has 0 aliphatic heterocycles. The molecule has 1 fully saturated rings. The second kappa shape index (κ2) is 7.97. The average Bonchev–Trinajstić information content (AvgIpc) is 3.36. The number of benzene rings is 1. The number of carbonyl (C=O) groups is 2. The lowest BCUT2D eigenvalue weighted by atomic mass is 10.2. The highest BCUT2D eigenvalue weighted by Crippen LogP contribution is 2.34. The summed E-state index contributed by atoms with van der Waals surface area (Å²) in [5.41, 5.74) is 5.99. The van der Waals surface area contributed by atoms with E-state index in [1.165, 1.54) is 12.8 Å². The van der Waals surface area contributed by atoms with Gasteiger partial charge in [0.1, 0.15) is 5.75 Å². The molecule has 2 amide bonds. The van der Waals surface area contributed by atoms with Crippen LogP contribution in [0, 0.1) is 5.92 Å². The number of nitrogens with zero attached hydrogens (tertiary/aromatic N) is 1. The predicted octanol–water partition coefficient (Wildman–Crippen LogP) is 0.897. The van der Waals surface area contributed by atoms with Crippen LogP contribution in [0.1, 0.15) is 25.3 Å². The topological polar surface area (TPSA) is 84.7 Å². The maximum atomic E-state index is 12.0. The molecule has 3 N–H and O–H groups in total. The van der Waals surface area contributed by atoms with Crippen molar-refractivity contribution >= 4 is 11.8 Å². The van der Waals surface area contributed by atoms with Crippen molar-refractivity contribution in [2.75, 3.05) is 20.2 Å². The van der Waals surface area contributed by atoms with Crippen LogP contribution in [-0.2, 0) is 16.1 Å². The number of nitrogens with two attached hydrogens (primary N) is 1. The SMILES string of the molecule is CC(C1CC1)N(C)CC(=O)NCc1ccc(OCC(N)=O)cc1. The molecule has 6 heteroatoms. The monoisotopic (exact) mass is 319 g/mol. The standard InChI is InChI=1S/C17H25N3O3/c1-12(14-5-6-14)20(2)10-17(22)19-9-13-3-7-15(8-4-13)23-11-16(18)21/h3-4,7-8,12,14H,5-6,9-11H2,1-2H3,(H2,18,21)(H,19,22). The van der Waals surface area contributed by atoms with Crippen LogP contribution in [0.25, 0.3) is 0 Å². The minimum absolute atomic E-state index is 0.0223. The Morgan fingerprint density at radius 2 is 2.00 bits per heavy atom. The Labute approximate surface area is 137 Å². The molecule has 1 aromatic rings. The van der Waals surface area contributed by atoms with Crippen molar-refractivity contribution in [3.8, 4) is 5.75 Å². The summed E-state index contributed by atoms with van der Waals surface area (Å²) in [6.07, 6.45) is 2.55. The van der Waals surface area contributed by atoms with Gasteiger partial charge in [-0.15, -0.1) is 0 Å². The van der Waals surface area contributed by atoms with Gasteiger partial charge in [-0.25, -0.2) is 0 Å². The lowest BCUT2D eigenvalue weighted by Crippen LogP contribution is -2.40. The molecule has 0 bridgehead atoms. The quantitative estimate of drug-likeness (QED) is 0.708. The van der Waals surface area contributed by atoms with Gasteiger partial charge in [0.05, 0.1) is 6.54 Å². The van der Waals surface area contributed by atoms with Crippen LogP contribution in [0.15, 0.2) is 24.3 Å². The third-order valence-corrected chi connectivity index (χ3v) is 4.19. The molecule has 1 aliphatic carbocycles. The number of amides is 2. The van der Waals surface area contributed by atoms with Crippen LogP contribution in [-0.4, -0.2) is 43.0 Å². The smallest absolute Gasteiger partial charge is 0.255 e. The van der Waals surface area contributed by atoms with E-state index in [0.717, 1.165) is 11.5 Å². The van der Waals surface area contributed by atoms with Crippen molar-refractivity contribution in [2.24, 2.45) is 11.7 Å². The summed E-state index contributed by atoms with van der Waals surface area (Å²) in [6, 6.07) is 7.68. The zero-order valence-corrected chi connectivity index (χ0v) is 13.7. The Kier molecular flexibility index (Phi) is 5.98. The van der Waals surface area contributed by atoms with Gasteiger partial charge in [0.25, 0.3) is 5.91 Å². The molecule has 6 nitrogen and oxygen atoms in total. The molecule has 1 unspecified atom stereocenters. The average molecular weight is 319 g/mol. The molecule has 23 heavy (non-hydrogen) atoms. The van der Waals surface area contributed by atoms with Gasteiger partial charge in [0.2, 0.25) is 5.91 Å². The van der Waals surface area contributed by atoms with Gasteiger partial charge < -0.3 is 15.8 Å². The van der Waals surface area contributed by atoms with Gasteiger partial charge in [-0.05, 0) is 50.4 Å². The lowest BCUT2D eigenvalue weighted by Gasteiger charge is -2.23. The third-order valence-electron chi connectivity index (χ3n) is 4.19. The fourth-order valence-corrected chi connectivity index (χ4v) is 2.42. The van der Waals surface area contributed by atoms with E-state index in [1.54, 1.807) is 12.1 Å². The molecule has 0 saturated heterocycles. The van der Waals surface area contributed by atoms with E-state index < -0.39 is 5.91 Å². The molecular formula is C17H25N3O3. The van der Waals surface area contributed by atoms with Gasteiger partial charge in [-0.3, -0.25) is 14.5 Å². The Balaban J connectivity index is 1.72. The van der Waals surface area contributed by atoms with Gasteiger partial charge in [-0.2, -0.15) is 0 Å². The number of rotatable bonds is 9. The first-order valence-electron chi connectivity index (χ1n) is 7.92. The molecule has 1 saturated carbocycles. The highest BCUT2D eigenvalue weighted by Gasteiger charge is 2.30. The zero-order chi connectivity index (χ0) is 16.8. The van der Waals surface area contributed by atoms with Crippen molar-refractivity contribution in [1.29, 1.82) is 0 Å². The number of ether oxygens (including phenoxy) is 1. The number of nitrogens with one attached hydrogen (secondary N) is 1. The number of primary amides is 1. The van der Waals surface area contributed by atoms with Crippen LogP contribution in [0.3, 0.4) is 0 Å². The molecule has 2 rings (SSSR count). The van der Waals surface area contributed by atoms with Crippen LogP contribution >= 0.6 is 0 Å². The van der Waals surface area contributed by atoms with Crippen molar-refractivity contribution in [2.45, 2.75) is 32.4 Å². The lowest BCUT2D eigenvalue weighted by molar-refractivity contribution is -0.122. The summed E-state index contributed by atoms with van der Waals surface area (Å²) in [7, 11) is 1.99. The van der Waals surface area contributed by atoms with E-state index in [4.69, 9.17) is 10.5 Å². The maximum absolute atomic E-state index is 12.0. The van der Waals surface area contributed by atoms with Crippen molar-refractivity contribution in [1.82, 2.24) is 10.2 Å². The summed E-state index contributed by atoms with van der Waals surface area (Å²) in [5.74, 6) is 0.845. The molecule has 0 aromatic heterocycles. The molecule has 0 radical (unpaired) electrons. The Hall–Kier alpha value is -2.08. The minimum Gasteiger partial charge on any atom is -0.484 e. The molecule has 126 valence electrons. The number of likely N-dealkylation sites (N-methyl/N-ethyl adjacent to an activating group) is 1. The summed E-state index contributed by atoms with van der Waals surface area (Å²) < 4.78 is 5.19. The predicted molar refractivity (Wildman–Crippen MR) is 87.8 cm³/mol. The molecule has 0 heterocycles. The van der Waals surface area contributed by atoms with Crippen molar-refractivity contribution in [3.05, 3.63) is 29.8 Å². The highest BCUT2D eigenvalue weighted by atomic mass is 16.5. The first-order chi connectivity index (χ1) is 11.0. The molecule has 1 aromatic carbocycles. The second-order valence-corrected chi connectivity index (χ2v) is 6.17. The zero-order valence-electron chi connectivity index (χ0n) is 13.7. The van der Waals surface area contributed by atoms with Crippen LogP contribution in [0.2, 0.25) is 0 Å². The van der Waals surface area contributed by atoms with Crippen LogP contribution in [0.4, 0.5) is 0 Å². The van der Waals surface area contributed by atoms with E-state index in [1.807, 2.05) is 19.2 Å². The fourth-order valence-electron chi connectivity index (χ4n) is 2.42. The van der Waals surface area contributed by atoms with Crippen molar-refractivity contribution < 1.29 is 14.3 Å². The van der Waals surface area contributed by atoms with Crippen molar-refractivity contribution in [3.63, 3.8) is 0 Å². The van der Waals surface area contributed by atoms with Gasteiger partial charge in [0.15, 0.2) is 6.61 Å². The first-order valence-corrected chi connectivity index (χ1v) is 7.92. The Morgan fingerprint density at radius 3 is 2.57 bits per heavy atom. The number of hydrogen-bond donors (Lipinski definition) is 2. The fraction of sp³-hybridized carbons (Fsp3) is 0.529. The third kappa shape index (κ3) is 5.90.